The maximum absolute atomic E-state index is 13.0. The third-order valence-electron chi connectivity index (χ3n) is 4.32. The number of hydrogen-bond acceptors (Lipinski definition) is 6. The minimum absolute atomic E-state index is 0.00797. The van der Waals surface area contributed by atoms with Crippen molar-refractivity contribution in [3.8, 4) is 5.75 Å². The normalized spacial score (nSPS) is 15.4. The Bertz CT molecular complexity index is 1120. The Balaban J connectivity index is 2.10. The van der Waals surface area contributed by atoms with Crippen molar-refractivity contribution >= 4 is 51.2 Å². The van der Waals surface area contributed by atoms with Gasteiger partial charge in [0.25, 0.3) is 11.8 Å². The van der Waals surface area contributed by atoms with Crippen molar-refractivity contribution in [3.05, 3.63) is 67.2 Å². The lowest BCUT2D eigenvalue weighted by Gasteiger charge is -2.27. The Hall–Kier alpha value is -3.53. The lowest BCUT2D eigenvalue weighted by atomic mass is 10.0. The SMILES string of the molecule is COc1c(Br)cc(/C=C2\C(=O)NC(=O)N(c3cc(C)cc(C)c3)C2=O)cc1[N+](=O)[O-]. The second-order valence-corrected chi connectivity index (χ2v) is 7.47. The number of ether oxygens (including phenoxy) is 1. The van der Waals surface area contributed by atoms with Gasteiger partial charge < -0.3 is 4.74 Å². The highest BCUT2D eigenvalue weighted by Crippen LogP contribution is 2.37. The molecule has 30 heavy (non-hydrogen) atoms. The van der Waals surface area contributed by atoms with Crippen molar-refractivity contribution in [2.24, 2.45) is 0 Å². The number of urea groups is 1. The van der Waals surface area contributed by atoms with Crippen molar-refractivity contribution < 1.29 is 24.0 Å². The number of nitrogens with zero attached hydrogens (tertiary/aromatic N) is 2. The lowest BCUT2D eigenvalue weighted by Crippen LogP contribution is -2.54. The number of rotatable bonds is 4. The van der Waals surface area contributed by atoms with Gasteiger partial charge in [0, 0.05) is 6.07 Å². The van der Waals surface area contributed by atoms with Gasteiger partial charge in [-0.1, -0.05) is 6.07 Å². The van der Waals surface area contributed by atoms with E-state index < -0.39 is 22.8 Å². The first-order valence-electron chi connectivity index (χ1n) is 8.64. The smallest absolute Gasteiger partial charge is 0.335 e. The maximum atomic E-state index is 13.0. The fourth-order valence-electron chi connectivity index (χ4n) is 3.16. The van der Waals surface area contributed by atoms with Crippen molar-refractivity contribution in [2.45, 2.75) is 13.8 Å². The molecule has 0 spiro atoms. The van der Waals surface area contributed by atoms with Crippen LogP contribution in [0.5, 0.6) is 5.75 Å². The summed E-state index contributed by atoms with van der Waals surface area (Å²) in [5.74, 6) is -1.71. The van der Waals surface area contributed by atoms with Gasteiger partial charge >= 0.3 is 11.7 Å². The number of carbonyl (C=O) groups is 3. The zero-order valence-corrected chi connectivity index (χ0v) is 17.8. The number of nitro benzene ring substituents is 1. The highest BCUT2D eigenvalue weighted by Gasteiger charge is 2.37. The molecule has 2 aromatic rings. The van der Waals surface area contributed by atoms with E-state index in [0.29, 0.717) is 5.69 Å². The first kappa shape index (κ1) is 21.2. The van der Waals surface area contributed by atoms with E-state index in [4.69, 9.17) is 4.74 Å². The summed E-state index contributed by atoms with van der Waals surface area (Å²) in [5.41, 5.74) is 1.52. The minimum atomic E-state index is -0.889. The van der Waals surface area contributed by atoms with Gasteiger partial charge in [-0.25, -0.2) is 9.69 Å². The van der Waals surface area contributed by atoms with E-state index in [1.807, 2.05) is 19.9 Å². The molecule has 1 saturated heterocycles. The molecule has 2 aromatic carbocycles. The monoisotopic (exact) mass is 473 g/mol. The van der Waals surface area contributed by atoms with Gasteiger partial charge in [0.05, 0.1) is 22.2 Å². The van der Waals surface area contributed by atoms with Gasteiger partial charge in [-0.2, -0.15) is 0 Å². The second-order valence-electron chi connectivity index (χ2n) is 6.62. The fourth-order valence-corrected chi connectivity index (χ4v) is 3.79. The van der Waals surface area contributed by atoms with Crippen LogP contribution in [-0.4, -0.2) is 29.9 Å². The van der Waals surface area contributed by atoms with Crippen LogP contribution in [0.25, 0.3) is 6.08 Å². The van der Waals surface area contributed by atoms with Gasteiger partial charge in [-0.05, 0) is 70.7 Å². The fraction of sp³-hybridized carbons (Fsp3) is 0.150. The van der Waals surface area contributed by atoms with Crippen LogP contribution in [0.4, 0.5) is 16.2 Å². The Labute approximate surface area is 179 Å². The molecule has 0 unspecified atom stereocenters. The van der Waals surface area contributed by atoms with E-state index in [0.717, 1.165) is 16.0 Å². The van der Waals surface area contributed by atoms with Crippen molar-refractivity contribution in [2.75, 3.05) is 12.0 Å². The summed E-state index contributed by atoms with van der Waals surface area (Å²) in [6.07, 6.45) is 1.19. The number of aryl methyl sites for hydroxylation is 2. The average molecular weight is 474 g/mol. The van der Waals surface area contributed by atoms with Crippen molar-refractivity contribution in [1.29, 1.82) is 0 Å². The predicted molar refractivity (Wildman–Crippen MR) is 112 cm³/mol. The number of methoxy groups -OCH3 is 1. The molecule has 0 bridgehead atoms. The molecule has 4 amide bonds. The van der Waals surface area contributed by atoms with E-state index in [1.165, 1.54) is 25.3 Å². The highest BCUT2D eigenvalue weighted by atomic mass is 79.9. The van der Waals surface area contributed by atoms with Crippen LogP contribution >= 0.6 is 15.9 Å². The highest BCUT2D eigenvalue weighted by molar-refractivity contribution is 9.10. The number of barbiturate groups is 1. The van der Waals surface area contributed by atoms with Crippen molar-refractivity contribution in [1.82, 2.24) is 5.32 Å². The van der Waals surface area contributed by atoms with Crippen LogP contribution in [0.3, 0.4) is 0 Å². The van der Waals surface area contributed by atoms with Crippen LogP contribution < -0.4 is 15.0 Å². The molecule has 10 heteroatoms. The summed E-state index contributed by atoms with van der Waals surface area (Å²) in [4.78, 5) is 49.3. The third kappa shape index (κ3) is 3.94. The standard InChI is InChI=1S/C20H16BrN3O6/c1-10-4-11(2)6-13(5-10)23-19(26)14(18(25)22-20(23)27)7-12-8-15(21)17(30-3)16(9-12)24(28)29/h4-9H,1-3H3,(H,22,25,27)/b14-7+. The number of carbonyl (C=O) groups excluding carboxylic acids is 3. The number of hydrogen-bond donors (Lipinski definition) is 1. The summed E-state index contributed by atoms with van der Waals surface area (Å²) in [5, 5.41) is 13.5. The number of amides is 4. The molecule has 0 saturated carbocycles. The average Bonchev–Trinajstić information content (AvgIpc) is 2.63. The maximum Gasteiger partial charge on any atom is 0.335 e. The number of halogens is 1. The molecule has 0 aromatic heterocycles. The molecule has 0 atom stereocenters. The number of imide groups is 2. The first-order valence-corrected chi connectivity index (χ1v) is 9.43. The van der Waals surface area contributed by atoms with Crippen LogP contribution in [0.15, 0.2) is 40.4 Å². The zero-order valence-electron chi connectivity index (χ0n) is 16.2. The molecule has 9 nitrogen and oxygen atoms in total. The zero-order chi connectivity index (χ0) is 22.2. The second kappa shape index (κ2) is 8.07. The van der Waals surface area contributed by atoms with Crippen LogP contribution in [0, 0.1) is 24.0 Å². The number of nitro groups is 1. The Kier molecular flexibility index (Phi) is 5.70. The number of nitrogens with one attached hydrogen (secondary N) is 1. The Morgan fingerprint density at radius 3 is 2.30 bits per heavy atom. The molecule has 1 aliphatic heterocycles. The van der Waals surface area contributed by atoms with E-state index >= 15 is 0 Å². The summed E-state index contributed by atoms with van der Waals surface area (Å²) in [6, 6.07) is 6.95. The van der Waals surface area contributed by atoms with Gasteiger partial charge in [0.15, 0.2) is 0 Å². The summed E-state index contributed by atoms with van der Waals surface area (Å²) < 4.78 is 5.30. The van der Waals surface area contributed by atoms with E-state index in [9.17, 15) is 24.5 Å². The molecule has 0 aliphatic carbocycles. The summed E-state index contributed by atoms with van der Waals surface area (Å²) in [7, 11) is 1.29. The molecule has 1 aliphatic rings. The summed E-state index contributed by atoms with van der Waals surface area (Å²) in [6.45, 7) is 3.64. The molecule has 1 N–H and O–H groups in total. The molecular weight excluding hydrogens is 458 g/mol. The lowest BCUT2D eigenvalue weighted by molar-refractivity contribution is -0.385. The molecular formula is C20H16BrN3O6. The van der Waals surface area contributed by atoms with Gasteiger partial charge in [0.1, 0.15) is 5.57 Å². The van der Waals surface area contributed by atoms with Crippen LogP contribution in [0.2, 0.25) is 0 Å². The van der Waals surface area contributed by atoms with Gasteiger partial charge in [0.2, 0.25) is 5.75 Å². The predicted octanol–water partition coefficient (Wildman–Crippen LogP) is 3.65. The molecule has 154 valence electrons. The number of benzene rings is 2. The van der Waals surface area contributed by atoms with Gasteiger partial charge in [-0.15, -0.1) is 0 Å². The largest absolute Gasteiger partial charge is 0.489 e. The minimum Gasteiger partial charge on any atom is -0.489 e. The quantitative estimate of drug-likeness (QED) is 0.313. The van der Waals surface area contributed by atoms with E-state index in [2.05, 4.69) is 21.2 Å². The third-order valence-corrected chi connectivity index (χ3v) is 4.91. The van der Waals surface area contributed by atoms with Crippen LogP contribution in [-0.2, 0) is 9.59 Å². The van der Waals surface area contributed by atoms with Crippen LogP contribution in [0.1, 0.15) is 16.7 Å². The molecule has 0 radical (unpaired) electrons. The Morgan fingerprint density at radius 1 is 1.10 bits per heavy atom. The molecule has 1 fully saturated rings. The summed E-state index contributed by atoms with van der Waals surface area (Å²) >= 11 is 3.19. The van der Waals surface area contributed by atoms with Crippen molar-refractivity contribution in [3.63, 3.8) is 0 Å². The molecule has 1 heterocycles. The Morgan fingerprint density at radius 2 is 1.73 bits per heavy atom. The van der Waals surface area contributed by atoms with Gasteiger partial charge in [-0.3, -0.25) is 25.0 Å². The van der Waals surface area contributed by atoms with E-state index in [1.54, 1.807) is 12.1 Å². The van der Waals surface area contributed by atoms with E-state index in [-0.39, 0.29) is 27.0 Å². The topological polar surface area (TPSA) is 119 Å². The first-order chi connectivity index (χ1) is 14.1. The number of anilines is 1. The molecule has 3 rings (SSSR count).